The van der Waals surface area contributed by atoms with Crippen LogP contribution in [-0.2, 0) is 0 Å². The summed E-state index contributed by atoms with van der Waals surface area (Å²) < 4.78 is 5.67. The summed E-state index contributed by atoms with van der Waals surface area (Å²) in [4.78, 5) is 10.1. The first-order valence-corrected chi connectivity index (χ1v) is 8.19. The number of nitrogens with zero attached hydrogens (tertiary/aromatic N) is 3. The average Bonchev–Trinajstić information content (AvgIpc) is 3.03. The van der Waals surface area contributed by atoms with Gasteiger partial charge in [-0.05, 0) is 24.2 Å². The Hall–Kier alpha value is -2.99. The number of thiazole rings is 1. The smallest absolute Gasteiger partial charge is 0.283 e. The molecule has 4 rings (SSSR count). The highest BCUT2D eigenvalue weighted by molar-refractivity contribution is 7.18. The molecule has 0 aliphatic rings. The molecule has 6 heteroatoms. The van der Waals surface area contributed by atoms with Gasteiger partial charge in [0.2, 0.25) is 0 Å². The molecule has 2 heterocycles. The van der Waals surface area contributed by atoms with Gasteiger partial charge >= 0.3 is 0 Å². The van der Waals surface area contributed by atoms with Crippen LogP contribution in [0.5, 0.6) is 0 Å². The van der Waals surface area contributed by atoms with Gasteiger partial charge in [0, 0.05) is 5.56 Å². The second-order valence-corrected chi connectivity index (χ2v) is 6.23. The Morgan fingerprint density at radius 3 is 2.54 bits per heavy atom. The lowest BCUT2D eigenvalue weighted by molar-refractivity contribution is 0.277. The zero-order valence-electron chi connectivity index (χ0n) is 12.8. The van der Waals surface area contributed by atoms with Crippen molar-refractivity contribution in [3.8, 4) is 21.1 Å². The standard InChI is InChI=1S/C18H13N3O2S/c1-11-16(24-18(19-11)12-7-3-2-4-8-12)15-17(21-22)23-14-10-6-5-9-13(14)20-15/h2-10,22H,1H3/b21-17-. The number of rotatable bonds is 2. The van der Waals surface area contributed by atoms with Gasteiger partial charge in [0.1, 0.15) is 16.2 Å². The molecular formula is C18H13N3O2S. The molecule has 24 heavy (non-hydrogen) atoms. The number of aryl methyl sites for hydroxylation is 1. The first-order valence-electron chi connectivity index (χ1n) is 7.37. The van der Waals surface area contributed by atoms with E-state index in [-0.39, 0.29) is 5.55 Å². The van der Waals surface area contributed by atoms with Crippen molar-refractivity contribution >= 4 is 22.4 Å². The Morgan fingerprint density at radius 1 is 1.00 bits per heavy atom. The third kappa shape index (κ3) is 2.47. The molecular weight excluding hydrogens is 322 g/mol. The number of hydrogen-bond acceptors (Lipinski definition) is 6. The lowest BCUT2D eigenvalue weighted by Gasteiger charge is -2.01. The van der Waals surface area contributed by atoms with Crippen LogP contribution in [0.25, 0.3) is 32.2 Å². The summed E-state index contributed by atoms with van der Waals surface area (Å²) in [6.45, 7) is 1.91. The van der Waals surface area contributed by atoms with Gasteiger partial charge in [0.05, 0.1) is 10.6 Å². The molecule has 0 saturated heterocycles. The molecule has 0 amide bonds. The third-order valence-electron chi connectivity index (χ3n) is 3.63. The molecule has 0 saturated carbocycles. The van der Waals surface area contributed by atoms with Crippen LogP contribution in [0.4, 0.5) is 0 Å². The van der Waals surface area contributed by atoms with Crippen molar-refractivity contribution in [1.82, 2.24) is 9.97 Å². The molecule has 0 unspecified atom stereocenters. The monoisotopic (exact) mass is 335 g/mol. The van der Waals surface area contributed by atoms with E-state index >= 15 is 0 Å². The van der Waals surface area contributed by atoms with E-state index in [2.05, 4.69) is 15.1 Å². The fourth-order valence-electron chi connectivity index (χ4n) is 2.49. The second kappa shape index (κ2) is 5.90. The third-order valence-corrected chi connectivity index (χ3v) is 4.84. The molecule has 118 valence electrons. The highest BCUT2D eigenvalue weighted by Crippen LogP contribution is 2.33. The van der Waals surface area contributed by atoms with Gasteiger partial charge in [0.25, 0.3) is 5.55 Å². The first kappa shape index (κ1) is 14.6. The molecule has 0 spiro atoms. The van der Waals surface area contributed by atoms with Crippen LogP contribution < -0.4 is 5.55 Å². The Kier molecular flexibility index (Phi) is 3.59. The largest absolute Gasteiger partial charge is 0.433 e. The topological polar surface area (TPSA) is 71.5 Å². The molecule has 0 radical (unpaired) electrons. The Morgan fingerprint density at radius 2 is 1.75 bits per heavy atom. The summed E-state index contributed by atoms with van der Waals surface area (Å²) in [5.74, 6) is 0. The van der Waals surface area contributed by atoms with E-state index in [0.29, 0.717) is 16.8 Å². The quantitative estimate of drug-likeness (QED) is 0.440. The van der Waals surface area contributed by atoms with Gasteiger partial charge in [-0.15, -0.1) is 11.3 Å². The normalized spacial score (nSPS) is 12.0. The fourth-order valence-corrected chi connectivity index (χ4v) is 3.55. The van der Waals surface area contributed by atoms with Crippen LogP contribution in [0.15, 0.2) is 64.2 Å². The Labute approximate surface area is 141 Å². The minimum atomic E-state index is 0.0834. The number of hydrogen-bond donors (Lipinski definition) is 1. The summed E-state index contributed by atoms with van der Waals surface area (Å²) in [6, 6.07) is 17.3. The van der Waals surface area contributed by atoms with Crippen LogP contribution in [-0.4, -0.2) is 15.2 Å². The van der Waals surface area contributed by atoms with E-state index in [1.807, 2.05) is 55.5 Å². The number of benzene rings is 2. The SMILES string of the molecule is Cc1nc(-c2ccccc2)sc1-c1nc2ccccc2o/c1=N\O. The minimum absolute atomic E-state index is 0.0834. The van der Waals surface area contributed by atoms with Crippen molar-refractivity contribution in [2.45, 2.75) is 6.92 Å². The van der Waals surface area contributed by atoms with Gasteiger partial charge in [0.15, 0.2) is 5.58 Å². The van der Waals surface area contributed by atoms with E-state index in [1.54, 1.807) is 6.07 Å². The lowest BCUT2D eigenvalue weighted by Crippen LogP contribution is -2.08. The molecule has 0 aliphatic heterocycles. The van der Waals surface area contributed by atoms with Crippen molar-refractivity contribution in [3.05, 3.63) is 65.8 Å². The minimum Gasteiger partial charge on any atom is -0.433 e. The maximum absolute atomic E-state index is 9.33. The van der Waals surface area contributed by atoms with E-state index < -0.39 is 0 Å². The predicted molar refractivity (Wildman–Crippen MR) is 92.6 cm³/mol. The van der Waals surface area contributed by atoms with E-state index in [1.165, 1.54) is 11.3 Å². The summed E-state index contributed by atoms with van der Waals surface area (Å²) >= 11 is 1.50. The Balaban J connectivity index is 1.93. The second-order valence-electron chi connectivity index (χ2n) is 5.23. The molecule has 5 nitrogen and oxygen atoms in total. The maximum Gasteiger partial charge on any atom is 0.283 e. The van der Waals surface area contributed by atoms with Crippen LogP contribution in [0.2, 0.25) is 0 Å². The summed E-state index contributed by atoms with van der Waals surface area (Å²) in [7, 11) is 0. The summed E-state index contributed by atoms with van der Waals surface area (Å²) in [6.07, 6.45) is 0. The van der Waals surface area contributed by atoms with Crippen molar-refractivity contribution < 1.29 is 9.62 Å². The van der Waals surface area contributed by atoms with Crippen molar-refractivity contribution in [2.75, 3.05) is 0 Å². The lowest BCUT2D eigenvalue weighted by atomic mass is 10.2. The van der Waals surface area contributed by atoms with E-state index in [0.717, 1.165) is 21.1 Å². The summed E-state index contributed by atoms with van der Waals surface area (Å²) in [5.41, 5.74) is 3.71. The molecule has 1 N–H and O–H groups in total. The Bertz CT molecular complexity index is 1080. The molecule has 4 aromatic rings. The van der Waals surface area contributed by atoms with Crippen molar-refractivity contribution in [3.63, 3.8) is 0 Å². The molecule has 0 atom stereocenters. The van der Waals surface area contributed by atoms with Gasteiger partial charge in [-0.25, -0.2) is 9.97 Å². The van der Waals surface area contributed by atoms with Gasteiger partial charge in [-0.1, -0.05) is 42.5 Å². The number of para-hydroxylation sites is 2. The van der Waals surface area contributed by atoms with E-state index in [4.69, 9.17) is 4.42 Å². The molecule has 0 aliphatic carbocycles. The predicted octanol–water partition coefficient (Wildman–Crippen LogP) is 4.22. The zero-order valence-corrected chi connectivity index (χ0v) is 13.6. The number of aromatic nitrogens is 2. The molecule has 2 aromatic heterocycles. The van der Waals surface area contributed by atoms with Crippen molar-refractivity contribution in [1.29, 1.82) is 0 Å². The number of fused-ring (bicyclic) bond motifs is 1. The van der Waals surface area contributed by atoms with Crippen molar-refractivity contribution in [2.24, 2.45) is 5.16 Å². The average molecular weight is 335 g/mol. The first-order chi connectivity index (χ1) is 11.8. The highest BCUT2D eigenvalue weighted by atomic mass is 32.1. The molecule has 2 aromatic carbocycles. The van der Waals surface area contributed by atoms with Crippen LogP contribution in [0, 0.1) is 6.92 Å². The van der Waals surface area contributed by atoms with Crippen LogP contribution in [0.1, 0.15) is 5.69 Å². The maximum atomic E-state index is 9.33. The molecule has 0 fully saturated rings. The van der Waals surface area contributed by atoms with Crippen LogP contribution >= 0.6 is 11.3 Å². The summed E-state index contributed by atoms with van der Waals surface area (Å²) in [5, 5.41) is 13.5. The van der Waals surface area contributed by atoms with Crippen LogP contribution in [0.3, 0.4) is 0 Å². The van der Waals surface area contributed by atoms with E-state index in [9.17, 15) is 5.21 Å². The van der Waals surface area contributed by atoms with Gasteiger partial charge in [-0.2, -0.15) is 0 Å². The van der Waals surface area contributed by atoms with Gasteiger partial charge < -0.3 is 9.62 Å². The highest BCUT2D eigenvalue weighted by Gasteiger charge is 2.16. The zero-order chi connectivity index (χ0) is 16.5. The fraction of sp³-hybridized carbons (Fsp3) is 0.0556. The molecule has 0 bridgehead atoms. The van der Waals surface area contributed by atoms with Gasteiger partial charge in [-0.3, -0.25) is 0 Å².